The molecule has 3 aliphatic carbocycles. The zero-order chi connectivity index (χ0) is 20.0. The van der Waals surface area contributed by atoms with E-state index in [1.54, 1.807) is 0 Å². The summed E-state index contributed by atoms with van der Waals surface area (Å²) >= 11 is 0. The van der Waals surface area contributed by atoms with Crippen LogP contribution in [0, 0.1) is 16.7 Å². The van der Waals surface area contributed by atoms with Crippen LogP contribution in [0.2, 0.25) is 0 Å². The van der Waals surface area contributed by atoms with Gasteiger partial charge in [0.2, 0.25) is 0 Å². The fourth-order valence-corrected chi connectivity index (χ4v) is 6.51. The molecule has 1 aromatic rings. The SMILES string of the molecule is O=C(O)COCCC12COC3(c4cccc(OCC5CCCCC5)c4)CCC13C2. The molecule has 3 atom stereocenters. The van der Waals surface area contributed by atoms with Crippen molar-refractivity contribution in [3.63, 3.8) is 0 Å². The predicted molar refractivity (Wildman–Crippen MR) is 108 cm³/mol. The lowest BCUT2D eigenvalue weighted by Gasteiger charge is -2.48. The number of hydrogen-bond acceptors (Lipinski definition) is 4. The number of aliphatic carboxylic acids is 1. The topological polar surface area (TPSA) is 65.0 Å². The number of carboxylic acid groups (broad SMARTS) is 1. The lowest BCUT2D eigenvalue weighted by molar-refractivity contribution is -0.142. The molecule has 1 saturated heterocycles. The van der Waals surface area contributed by atoms with Gasteiger partial charge in [-0.25, -0.2) is 4.79 Å². The Bertz CT molecular complexity index is 768. The summed E-state index contributed by atoms with van der Waals surface area (Å²) in [7, 11) is 0. The summed E-state index contributed by atoms with van der Waals surface area (Å²) in [4.78, 5) is 10.7. The molecule has 0 radical (unpaired) electrons. The Hall–Kier alpha value is -1.59. The monoisotopic (exact) mass is 400 g/mol. The average Bonchev–Trinajstić information content (AvgIpc) is 3.38. The molecular weight excluding hydrogens is 368 g/mol. The van der Waals surface area contributed by atoms with Crippen LogP contribution in [0.3, 0.4) is 0 Å². The number of rotatable bonds is 9. The molecule has 0 bridgehead atoms. The summed E-state index contributed by atoms with van der Waals surface area (Å²) in [5.41, 5.74) is 1.47. The van der Waals surface area contributed by atoms with Crippen molar-refractivity contribution in [2.24, 2.45) is 16.7 Å². The van der Waals surface area contributed by atoms with E-state index in [9.17, 15) is 4.79 Å². The van der Waals surface area contributed by atoms with E-state index in [1.165, 1.54) is 50.5 Å². The zero-order valence-electron chi connectivity index (χ0n) is 17.2. The van der Waals surface area contributed by atoms with Crippen molar-refractivity contribution in [2.75, 3.05) is 26.4 Å². The molecule has 158 valence electrons. The van der Waals surface area contributed by atoms with Gasteiger partial charge in [-0.3, -0.25) is 0 Å². The van der Waals surface area contributed by atoms with Crippen LogP contribution in [0.4, 0.5) is 0 Å². The molecule has 1 heterocycles. The Morgan fingerprint density at radius 3 is 2.83 bits per heavy atom. The molecular formula is C24H32O5. The first-order chi connectivity index (χ1) is 14.1. The molecule has 3 saturated carbocycles. The lowest BCUT2D eigenvalue weighted by atomic mass is 9.60. The molecule has 5 rings (SSSR count). The van der Waals surface area contributed by atoms with Crippen molar-refractivity contribution in [1.29, 1.82) is 0 Å². The van der Waals surface area contributed by atoms with E-state index >= 15 is 0 Å². The summed E-state index contributed by atoms with van der Waals surface area (Å²) in [6.07, 6.45) is 11.0. The molecule has 1 aliphatic heterocycles. The van der Waals surface area contributed by atoms with Gasteiger partial charge in [0, 0.05) is 17.4 Å². The normalized spacial score (nSPS) is 35.4. The van der Waals surface area contributed by atoms with Gasteiger partial charge in [0.1, 0.15) is 12.4 Å². The molecule has 1 N–H and O–H groups in total. The second-order valence-corrected chi connectivity index (χ2v) is 9.69. The molecule has 0 amide bonds. The van der Waals surface area contributed by atoms with E-state index in [1.807, 2.05) is 0 Å². The van der Waals surface area contributed by atoms with E-state index in [0.29, 0.717) is 12.5 Å². The van der Waals surface area contributed by atoms with Crippen LogP contribution >= 0.6 is 0 Å². The van der Waals surface area contributed by atoms with Crippen molar-refractivity contribution in [1.82, 2.24) is 0 Å². The predicted octanol–water partition coefficient (Wildman–Crippen LogP) is 4.53. The molecule has 5 nitrogen and oxygen atoms in total. The van der Waals surface area contributed by atoms with Gasteiger partial charge >= 0.3 is 5.97 Å². The van der Waals surface area contributed by atoms with E-state index in [4.69, 9.17) is 19.3 Å². The van der Waals surface area contributed by atoms with Crippen LogP contribution in [0.5, 0.6) is 5.75 Å². The first-order valence-corrected chi connectivity index (χ1v) is 11.3. The van der Waals surface area contributed by atoms with Gasteiger partial charge in [-0.05, 0) is 62.1 Å². The summed E-state index contributed by atoms with van der Waals surface area (Å²) in [5.74, 6) is 0.764. The Kier molecular flexibility index (Phi) is 4.86. The third-order valence-electron chi connectivity index (χ3n) is 8.26. The first kappa shape index (κ1) is 19.4. The Labute approximate surface area is 172 Å². The molecule has 0 aromatic heterocycles. The largest absolute Gasteiger partial charge is 0.493 e. The lowest BCUT2D eigenvalue weighted by Crippen LogP contribution is -2.46. The Morgan fingerprint density at radius 2 is 2.07 bits per heavy atom. The van der Waals surface area contributed by atoms with Crippen molar-refractivity contribution in [3.8, 4) is 5.75 Å². The quantitative estimate of drug-likeness (QED) is 0.617. The second-order valence-electron chi connectivity index (χ2n) is 9.69. The standard InChI is InChI=1S/C24H32O5/c25-21(26)15-27-12-11-22-16-23(22)9-10-24(23,29-17-22)19-7-4-8-20(13-19)28-14-18-5-2-1-3-6-18/h4,7-8,13,18H,1-3,5-6,9-12,14-17H2,(H,25,26). The maximum absolute atomic E-state index is 10.7. The molecule has 1 spiro atoms. The fourth-order valence-electron chi connectivity index (χ4n) is 6.51. The summed E-state index contributed by atoms with van der Waals surface area (Å²) in [6.45, 7) is 1.87. The fraction of sp³-hybridized carbons (Fsp3) is 0.708. The molecule has 1 aromatic carbocycles. The number of benzene rings is 1. The molecule has 5 heteroatoms. The maximum Gasteiger partial charge on any atom is 0.329 e. The highest BCUT2D eigenvalue weighted by Gasteiger charge is 2.84. The molecule has 29 heavy (non-hydrogen) atoms. The number of carbonyl (C=O) groups is 1. The third-order valence-corrected chi connectivity index (χ3v) is 8.26. The Morgan fingerprint density at radius 1 is 1.21 bits per heavy atom. The number of carboxylic acids is 1. The minimum absolute atomic E-state index is 0.169. The van der Waals surface area contributed by atoms with Crippen LogP contribution in [-0.4, -0.2) is 37.5 Å². The van der Waals surface area contributed by atoms with Gasteiger partial charge < -0.3 is 19.3 Å². The smallest absolute Gasteiger partial charge is 0.329 e. The van der Waals surface area contributed by atoms with Crippen LogP contribution in [0.1, 0.15) is 63.4 Å². The van der Waals surface area contributed by atoms with Crippen LogP contribution in [-0.2, 0) is 19.9 Å². The maximum atomic E-state index is 10.7. The van der Waals surface area contributed by atoms with Gasteiger partial charge in [-0.1, -0.05) is 31.4 Å². The van der Waals surface area contributed by atoms with E-state index in [0.717, 1.165) is 31.8 Å². The summed E-state index contributed by atoms with van der Waals surface area (Å²) in [5, 5.41) is 8.76. The highest BCUT2D eigenvalue weighted by Crippen LogP contribution is 2.86. The summed E-state index contributed by atoms with van der Waals surface area (Å²) < 4.78 is 18.0. The van der Waals surface area contributed by atoms with Gasteiger partial charge in [0.05, 0.1) is 18.8 Å². The minimum atomic E-state index is -0.904. The van der Waals surface area contributed by atoms with E-state index in [-0.39, 0.29) is 23.0 Å². The number of hydrogen-bond donors (Lipinski definition) is 1. The minimum Gasteiger partial charge on any atom is -0.493 e. The molecule has 4 fully saturated rings. The van der Waals surface area contributed by atoms with Crippen LogP contribution < -0.4 is 4.74 Å². The highest BCUT2D eigenvalue weighted by molar-refractivity contribution is 5.67. The van der Waals surface area contributed by atoms with Gasteiger partial charge in [-0.15, -0.1) is 0 Å². The van der Waals surface area contributed by atoms with Crippen molar-refractivity contribution in [3.05, 3.63) is 29.8 Å². The second kappa shape index (κ2) is 7.28. The number of ether oxygens (including phenoxy) is 3. The van der Waals surface area contributed by atoms with Gasteiger partial charge in [0.25, 0.3) is 0 Å². The average molecular weight is 401 g/mol. The van der Waals surface area contributed by atoms with Crippen molar-refractivity contribution in [2.45, 2.75) is 63.4 Å². The van der Waals surface area contributed by atoms with E-state index < -0.39 is 5.97 Å². The van der Waals surface area contributed by atoms with Gasteiger partial charge in [0.15, 0.2) is 0 Å². The van der Waals surface area contributed by atoms with Crippen molar-refractivity contribution >= 4 is 5.97 Å². The summed E-state index contributed by atoms with van der Waals surface area (Å²) in [6, 6.07) is 8.58. The van der Waals surface area contributed by atoms with Gasteiger partial charge in [-0.2, -0.15) is 0 Å². The molecule has 3 unspecified atom stereocenters. The molecule has 4 aliphatic rings. The first-order valence-electron chi connectivity index (χ1n) is 11.3. The highest BCUT2D eigenvalue weighted by atomic mass is 16.5. The zero-order valence-corrected chi connectivity index (χ0v) is 17.2. The van der Waals surface area contributed by atoms with Crippen molar-refractivity contribution < 1.29 is 24.1 Å². The van der Waals surface area contributed by atoms with Crippen LogP contribution in [0.25, 0.3) is 0 Å². The third kappa shape index (κ3) is 3.09. The Balaban J connectivity index is 1.24. The van der Waals surface area contributed by atoms with E-state index in [2.05, 4.69) is 24.3 Å². The van der Waals surface area contributed by atoms with Crippen LogP contribution in [0.15, 0.2) is 24.3 Å².